The van der Waals surface area contributed by atoms with E-state index in [1.54, 1.807) is 0 Å². The standard InChI is InChI=1S/C21H33N3O2S2.HI/c1-22-20(24-14-15-27-21(18-24)11-6-3-7-12-21)23-13-8-16-28(25,26)17-19-9-4-2-5-10-19;/h2,4-5,9-10H,3,6-8,11-18H2,1H3,(H,22,23);1H. The molecule has 2 fully saturated rings. The van der Waals surface area contributed by atoms with E-state index in [-0.39, 0.29) is 35.5 Å². The highest BCUT2D eigenvalue weighted by Crippen LogP contribution is 2.42. The summed E-state index contributed by atoms with van der Waals surface area (Å²) in [7, 11) is -1.26. The Morgan fingerprint density at radius 1 is 1.21 bits per heavy atom. The third-order valence-electron chi connectivity index (χ3n) is 5.67. The van der Waals surface area contributed by atoms with E-state index in [1.165, 1.54) is 32.1 Å². The Morgan fingerprint density at radius 3 is 2.62 bits per heavy atom. The van der Waals surface area contributed by atoms with E-state index in [1.807, 2.05) is 37.4 Å². The van der Waals surface area contributed by atoms with Gasteiger partial charge in [0.1, 0.15) is 0 Å². The van der Waals surface area contributed by atoms with Crippen molar-refractivity contribution in [1.29, 1.82) is 0 Å². The maximum Gasteiger partial charge on any atom is 0.193 e. The minimum absolute atomic E-state index is 0. The van der Waals surface area contributed by atoms with Crippen molar-refractivity contribution in [2.75, 3.05) is 38.2 Å². The number of hydrogen-bond donors (Lipinski definition) is 1. The fourth-order valence-electron chi connectivity index (χ4n) is 4.25. The summed E-state index contributed by atoms with van der Waals surface area (Å²) in [5.74, 6) is 2.39. The number of sulfone groups is 1. The van der Waals surface area contributed by atoms with Crippen LogP contribution in [0.15, 0.2) is 35.3 Å². The Hall–Kier alpha value is -0.480. The highest BCUT2D eigenvalue weighted by molar-refractivity contribution is 14.0. The molecule has 0 unspecified atom stereocenters. The molecule has 1 aliphatic heterocycles. The van der Waals surface area contributed by atoms with Gasteiger partial charge in [-0.2, -0.15) is 11.8 Å². The average Bonchev–Trinajstić information content (AvgIpc) is 2.69. The van der Waals surface area contributed by atoms with Crippen LogP contribution in [0.5, 0.6) is 0 Å². The molecule has 1 aromatic rings. The van der Waals surface area contributed by atoms with Gasteiger partial charge in [0, 0.05) is 37.2 Å². The van der Waals surface area contributed by atoms with Gasteiger partial charge in [0.2, 0.25) is 0 Å². The van der Waals surface area contributed by atoms with Crippen molar-refractivity contribution in [2.24, 2.45) is 4.99 Å². The molecule has 1 aliphatic carbocycles. The molecule has 2 aliphatic rings. The zero-order valence-electron chi connectivity index (χ0n) is 17.3. The largest absolute Gasteiger partial charge is 0.356 e. The molecule has 0 bridgehead atoms. The topological polar surface area (TPSA) is 61.8 Å². The van der Waals surface area contributed by atoms with E-state index >= 15 is 0 Å². The normalized spacial score (nSPS) is 19.6. The van der Waals surface area contributed by atoms with Gasteiger partial charge in [-0.3, -0.25) is 4.99 Å². The lowest BCUT2D eigenvalue weighted by molar-refractivity contribution is 0.293. The first-order chi connectivity index (χ1) is 13.5. The number of nitrogens with zero attached hydrogens (tertiary/aromatic N) is 2. The lowest BCUT2D eigenvalue weighted by Gasteiger charge is -2.45. The highest BCUT2D eigenvalue weighted by atomic mass is 127. The third kappa shape index (κ3) is 7.61. The van der Waals surface area contributed by atoms with Crippen LogP contribution in [0.4, 0.5) is 0 Å². The van der Waals surface area contributed by atoms with Crippen LogP contribution in [0.3, 0.4) is 0 Å². The summed E-state index contributed by atoms with van der Waals surface area (Å²) >= 11 is 2.15. The van der Waals surface area contributed by atoms with Crippen molar-refractivity contribution >= 4 is 51.5 Å². The van der Waals surface area contributed by atoms with Gasteiger partial charge in [-0.25, -0.2) is 8.42 Å². The number of benzene rings is 1. The zero-order chi connectivity index (χ0) is 19.9. The van der Waals surface area contributed by atoms with Crippen LogP contribution in [-0.4, -0.2) is 62.2 Å². The molecular weight excluding hydrogens is 517 g/mol. The van der Waals surface area contributed by atoms with E-state index in [2.05, 4.69) is 27.0 Å². The van der Waals surface area contributed by atoms with Crippen LogP contribution in [0.25, 0.3) is 0 Å². The van der Waals surface area contributed by atoms with Crippen LogP contribution < -0.4 is 5.32 Å². The Balaban J connectivity index is 0.00000300. The molecule has 1 saturated carbocycles. The minimum atomic E-state index is -3.08. The summed E-state index contributed by atoms with van der Waals surface area (Å²) in [6.07, 6.45) is 7.26. The Bertz CT molecular complexity index is 745. The smallest absolute Gasteiger partial charge is 0.193 e. The van der Waals surface area contributed by atoms with Gasteiger partial charge in [0.05, 0.1) is 11.5 Å². The van der Waals surface area contributed by atoms with E-state index in [0.29, 0.717) is 17.7 Å². The Kier molecular flexibility index (Phi) is 10.1. The van der Waals surface area contributed by atoms with E-state index in [9.17, 15) is 8.42 Å². The molecule has 0 radical (unpaired) electrons. The lowest BCUT2D eigenvalue weighted by Crippen LogP contribution is -2.53. The second kappa shape index (κ2) is 11.8. The van der Waals surface area contributed by atoms with Gasteiger partial charge >= 0.3 is 0 Å². The van der Waals surface area contributed by atoms with Gasteiger partial charge < -0.3 is 10.2 Å². The first kappa shape index (κ1) is 24.8. The van der Waals surface area contributed by atoms with Crippen LogP contribution in [0, 0.1) is 0 Å². The maximum atomic E-state index is 12.3. The molecule has 1 saturated heterocycles. The van der Waals surface area contributed by atoms with E-state index < -0.39 is 9.84 Å². The molecule has 0 aromatic heterocycles. The van der Waals surface area contributed by atoms with Crippen molar-refractivity contribution in [1.82, 2.24) is 10.2 Å². The number of halogens is 1. The number of thioether (sulfide) groups is 1. The summed E-state index contributed by atoms with van der Waals surface area (Å²) in [5, 5.41) is 3.40. The molecule has 1 aromatic carbocycles. The number of rotatable bonds is 6. The van der Waals surface area contributed by atoms with Crippen molar-refractivity contribution in [2.45, 2.75) is 49.0 Å². The monoisotopic (exact) mass is 551 g/mol. The average molecular weight is 552 g/mol. The summed E-state index contributed by atoms with van der Waals surface area (Å²) in [6, 6.07) is 9.40. The fourth-order valence-corrected chi connectivity index (χ4v) is 7.25. The Morgan fingerprint density at radius 2 is 1.93 bits per heavy atom. The second-order valence-electron chi connectivity index (χ2n) is 7.92. The zero-order valence-corrected chi connectivity index (χ0v) is 21.3. The Labute approximate surface area is 197 Å². The van der Waals surface area contributed by atoms with Gasteiger partial charge in [-0.15, -0.1) is 24.0 Å². The van der Waals surface area contributed by atoms with Crippen LogP contribution in [0.1, 0.15) is 44.1 Å². The van der Waals surface area contributed by atoms with Crippen molar-refractivity contribution < 1.29 is 8.42 Å². The first-order valence-corrected chi connectivity index (χ1v) is 13.2. The minimum Gasteiger partial charge on any atom is -0.356 e. The molecule has 1 heterocycles. The number of guanidine groups is 1. The van der Waals surface area contributed by atoms with Gasteiger partial charge in [0.15, 0.2) is 15.8 Å². The summed E-state index contributed by atoms with van der Waals surface area (Å²) in [6.45, 7) is 2.71. The SMILES string of the molecule is CN=C(NCCCS(=O)(=O)Cc1ccccc1)N1CCSC2(CCCCC2)C1.I. The third-order valence-corrected chi connectivity index (χ3v) is 8.89. The van der Waals surface area contributed by atoms with Crippen LogP contribution in [-0.2, 0) is 15.6 Å². The van der Waals surface area contributed by atoms with E-state index in [0.717, 1.165) is 30.4 Å². The predicted octanol–water partition coefficient (Wildman–Crippen LogP) is 3.94. The molecule has 0 amide bonds. The van der Waals surface area contributed by atoms with E-state index in [4.69, 9.17) is 0 Å². The molecule has 0 atom stereocenters. The molecule has 164 valence electrons. The second-order valence-corrected chi connectivity index (χ2v) is 11.7. The number of nitrogens with one attached hydrogen (secondary N) is 1. The van der Waals surface area contributed by atoms with Crippen molar-refractivity contribution in [3.63, 3.8) is 0 Å². The lowest BCUT2D eigenvalue weighted by atomic mass is 9.87. The molecule has 8 heteroatoms. The van der Waals surface area contributed by atoms with Crippen molar-refractivity contribution in [3.8, 4) is 0 Å². The summed E-state index contributed by atoms with van der Waals surface area (Å²) in [5.41, 5.74) is 0.856. The van der Waals surface area contributed by atoms with Crippen LogP contribution >= 0.6 is 35.7 Å². The quantitative estimate of drug-likeness (QED) is 0.251. The number of hydrogen-bond acceptors (Lipinski definition) is 4. The molecule has 3 rings (SSSR count). The molecule has 5 nitrogen and oxygen atoms in total. The first-order valence-electron chi connectivity index (χ1n) is 10.4. The molecule has 1 spiro atoms. The van der Waals surface area contributed by atoms with Gasteiger partial charge in [0.25, 0.3) is 0 Å². The summed E-state index contributed by atoms with van der Waals surface area (Å²) in [4.78, 5) is 6.84. The van der Waals surface area contributed by atoms with Gasteiger partial charge in [-0.05, 0) is 24.8 Å². The molecule has 1 N–H and O–H groups in total. The maximum absolute atomic E-state index is 12.3. The molecule has 29 heavy (non-hydrogen) atoms. The van der Waals surface area contributed by atoms with Gasteiger partial charge in [-0.1, -0.05) is 49.6 Å². The predicted molar refractivity (Wildman–Crippen MR) is 135 cm³/mol. The van der Waals surface area contributed by atoms with Crippen molar-refractivity contribution in [3.05, 3.63) is 35.9 Å². The fraction of sp³-hybridized carbons (Fsp3) is 0.667. The van der Waals surface area contributed by atoms with Crippen LogP contribution in [0.2, 0.25) is 0 Å². The highest BCUT2D eigenvalue weighted by Gasteiger charge is 2.38. The number of aliphatic imine (C=N–C) groups is 1. The summed E-state index contributed by atoms with van der Waals surface area (Å²) < 4.78 is 25.1. The molecular formula is C21H34IN3O2S2.